The number of urea groups is 1. The van der Waals surface area contributed by atoms with Gasteiger partial charge < -0.3 is 19.4 Å². The normalized spacial score (nSPS) is 24.4. The average Bonchev–Trinajstić information content (AvgIpc) is 3.13. The number of aryl methyl sites for hydroxylation is 1. The van der Waals surface area contributed by atoms with Gasteiger partial charge in [-0.05, 0) is 19.4 Å². The number of carbonyl (C=O) groups excluding carboxylic acids is 2. The van der Waals surface area contributed by atoms with Crippen LogP contribution in [0.3, 0.4) is 0 Å². The van der Waals surface area contributed by atoms with E-state index >= 15 is 0 Å². The molecule has 0 aliphatic carbocycles. The summed E-state index contributed by atoms with van der Waals surface area (Å²) >= 11 is 0. The third kappa shape index (κ3) is 4.52. The minimum absolute atomic E-state index is 0.290. The highest BCUT2D eigenvalue weighted by Gasteiger charge is 2.49. The first-order valence-corrected chi connectivity index (χ1v) is 11.0. The number of hydrogen-bond acceptors (Lipinski definition) is 7. The first-order chi connectivity index (χ1) is 15.0. The van der Waals surface area contributed by atoms with Gasteiger partial charge in [-0.1, -0.05) is 29.8 Å². The van der Waals surface area contributed by atoms with Crippen molar-refractivity contribution in [2.24, 2.45) is 4.99 Å². The van der Waals surface area contributed by atoms with Crippen LogP contribution in [0.4, 0.5) is 4.79 Å². The second-order valence-corrected chi connectivity index (χ2v) is 8.34. The van der Waals surface area contributed by atoms with Gasteiger partial charge >= 0.3 is 6.03 Å². The van der Waals surface area contributed by atoms with E-state index in [0.29, 0.717) is 19.8 Å². The van der Waals surface area contributed by atoms with Gasteiger partial charge in [0, 0.05) is 52.9 Å². The van der Waals surface area contributed by atoms with E-state index in [4.69, 9.17) is 9.73 Å². The summed E-state index contributed by atoms with van der Waals surface area (Å²) in [7, 11) is 1.69. The summed E-state index contributed by atoms with van der Waals surface area (Å²) in [5, 5.41) is 2.45. The Labute approximate surface area is 183 Å². The van der Waals surface area contributed by atoms with Crippen LogP contribution >= 0.6 is 0 Å². The van der Waals surface area contributed by atoms with Gasteiger partial charge in [-0.25, -0.2) is 9.79 Å². The summed E-state index contributed by atoms with van der Waals surface area (Å²) in [5.74, 6) is 0.503. The van der Waals surface area contributed by atoms with Crippen LogP contribution in [0.25, 0.3) is 0 Å². The summed E-state index contributed by atoms with van der Waals surface area (Å²) in [4.78, 5) is 37.8. The summed E-state index contributed by atoms with van der Waals surface area (Å²) in [6.07, 6.45) is -0.497. The van der Waals surface area contributed by atoms with Crippen LogP contribution in [0, 0.1) is 6.92 Å². The van der Waals surface area contributed by atoms with Gasteiger partial charge in [-0.2, -0.15) is 0 Å². The average molecular weight is 429 g/mol. The number of imide groups is 1. The summed E-state index contributed by atoms with van der Waals surface area (Å²) < 4.78 is 5.55. The van der Waals surface area contributed by atoms with Gasteiger partial charge in [-0.3, -0.25) is 15.0 Å². The summed E-state index contributed by atoms with van der Waals surface area (Å²) in [6, 6.07) is 7.72. The van der Waals surface area contributed by atoms with Crippen LogP contribution in [0.2, 0.25) is 0 Å². The lowest BCUT2D eigenvalue weighted by molar-refractivity contribution is -0.127. The Kier molecular flexibility index (Phi) is 6.43. The Balaban J connectivity index is 1.45. The fourth-order valence-corrected chi connectivity index (χ4v) is 4.50. The first kappa shape index (κ1) is 21.6. The molecule has 31 heavy (non-hydrogen) atoms. The zero-order valence-electron chi connectivity index (χ0n) is 18.6. The van der Waals surface area contributed by atoms with Crippen molar-refractivity contribution in [2.45, 2.75) is 32.6 Å². The molecule has 0 spiro atoms. The third-order valence-corrected chi connectivity index (χ3v) is 6.16. The quantitative estimate of drug-likeness (QED) is 0.672. The summed E-state index contributed by atoms with van der Waals surface area (Å²) in [5.41, 5.74) is 2.61. The molecule has 9 nitrogen and oxygen atoms in total. The van der Waals surface area contributed by atoms with E-state index in [1.807, 2.05) is 11.8 Å². The molecule has 3 aliphatic rings. The van der Waals surface area contributed by atoms with E-state index in [1.54, 1.807) is 7.05 Å². The SMILES string of the molecule is CCOCCN1C(N2CCN(Cc3cccc(C)c3)CC2)=NC2C1C(=O)NC(=O)N2C. The number of guanidine groups is 1. The number of benzene rings is 1. The first-order valence-electron chi connectivity index (χ1n) is 11.0. The molecular formula is C22H32N6O3. The smallest absolute Gasteiger partial charge is 0.325 e. The number of hydrogen-bond donors (Lipinski definition) is 1. The lowest BCUT2D eigenvalue weighted by atomic mass is 10.1. The van der Waals surface area contributed by atoms with Crippen molar-refractivity contribution < 1.29 is 14.3 Å². The van der Waals surface area contributed by atoms with Gasteiger partial charge in [0.25, 0.3) is 5.91 Å². The molecule has 2 unspecified atom stereocenters. The van der Waals surface area contributed by atoms with E-state index in [2.05, 4.69) is 46.3 Å². The number of likely N-dealkylation sites (N-methyl/N-ethyl adjacent to an activating group) is 1. The van der Waals surface area contributed by atoms with E-state index in [0.717, 1.165) is 38.7 Å². The standard InChI is InChI=1S/C22H32N6O3/c1-4-31-13-12-28-18-19(25(3)22(30)24-20(18)29)23-21(28)27-10-8-26(9-11-27)15-17-7-5-6-16(2)14-17/h5-7,14,18-19H,4,8-13,15H2,1-3H3,(H,24,29,30). The Morgan fingerprint density at radius 2 is 1.97 bits per heavy atom. The molecule has 9 heteroatoms. The van der Waals surface area contributed by atoms with E-state index in [1.165, 1.54) is 16.0 Å². The molecule has 0 aromatic heterocycles. The molecule has 1 aromatic carbocycles. The molecule has 168 valence electrons. The maximum Gasteiger partial charge on any atom is 0.325 e. The Morgan fingerprint density at radius 1 is 1.19 bits per heavy atom. The maximum atomic E-state index is 12.6. The topological polar surface area (TPSA) is 80.7 Å². The van der Waals surface area contributed by atoms with Gasteiger partial charge in [0.1, 0.15) is 0 Å². The minimum Gasteiger partial charge on any atom is -0.380 e. The van der Waals surface area contributed by atoms with Crippen molar-refractivity contribution in [3.05, 3.63) is 35.4 Å². The van der Waals surface area contributed by atoms with Gasteiger partial charge in [-0.15, -0.1) is 0 Å². The Hall–Kier alpha value is -2.65. The van der Waals surface area contributed by atoms with Gasteiger partial charge in [0.2, 0.25) is 0 Å². The Bertz CT molecular complexity index is 851. The van der Waals surface area contributed by atoms with E-state index in [9.17, 15) is 9.59 Å². The molecule has 0 saturated carbocycles. The maximum absolute atomic E-state index is 12.6. The van der Waals surface area contributed by atoms with Crippen molar-refractivity contribution >= 4 is 17.9 Å². The predicted molar refractivity (Wildman–Crippen MR) is 118 cm³/mol. The third-order valence-electron chi connectivity index (χ3n) is 6.16. The molecule has 0 radical (unpaired) electrons. The number of piperazine rings is 1. The lowest BCUT2D eigenvalue weighted by Gasteiger charge is -2.40. The molecular weight excluding hydrogens is 396 g/mol. The zero-order chi connectivity index (χ0) is 22.0. The molecule has 1 N–H and O–H groups in total. The number of nitrogens with zero attached hydrogens (tertiary/aromatic N) is 5. The van der Waals surface area contributed by atoms with Crippen molar-refractivity contribution in [3.8, 4) is 0 Å². The lowest BCUT2D eigenvalue weighted by Crippen LogP contribution is -2.65. The molecule has 2 atom stereocenters. The molecule has 2 saturated heterocycles. The Morgan fingerprint density at radius 3 is 2.68 bits per heavy atom. The van der Waals surface area contributed by atoms with E-state index < -0.39 is 18.2 Å². The van der Waals surface area contributed by atoms with Crippen LogP contribution in [-0.2, 0) is 16.1 Å². The van der Waals surface area contributed by atoms with Crippen molar-refractivity contribution in [1.29, 1.82) is 0 Å². The minimum atomic E-state index is -0.511. The molecule has 4 rings (SSSR count). The molecule has 3 heterocycles. The van der Waals surface area contributed by atoms with Gasteiger partial charge in [0.15, 0.2) is 18.2 Å². The molecule has 2 fully saturated rings. The van der Waals surface area contributed by atoms with E-state index in [-0.39, 0.29) is 5.91 Å². The van der Waals surface area contributed by atoms with Crippen LogP contribution in [0.5, 0.6) is 0 Å². The molecule has 3 aliphatic heterocycles. The fraction of sp³-hybridized carbons (Fsp3) is 0.591. The van der Waals surface area contributed by atoms with Crippen molar-refractivity contribution in [3.63, 3.8) is 0 Å². The summed E-state index contributed by atoms with van der Waals surface area (Å²) in [6.45, 7) is 10.2. The monoisotopic (exact) mass is 428 g/mol. The zero-order valence-corrected chi connectivity index (χ0v) is 18.6. The molecule has 1 aromatic rings. The number of ether oxygens (including phenoxy) is 1. The van der Waals surface area contributed by atoms with Crippen molar-refractivity contribution in [2.75, 3.05) is 53.0 Å². The number of rotatable bonds is 6. The molecule has 3 amide bonds. The number of nitrogens with one attached hydrogen (secondary N) is 1. The number of amides is 3. The number of aliphatic imine (C=N–C) groups is 1. The number of fused-ring (bicyclic) bond motifs is 1. The van der Waals surface area contributed by atoms with Crippen LogP contribution in [0.1, 0.15) is 18.1 Å². The highest BCUT2D eigenvalue weighted by molar-refractivity contribution is 6.03. The highest BCUT2D eigenvalue weighted by Crippen LogP contribution is 2.26. The largest absolute Gasteiger partial charge is 0.380 e. The van der Waals surface area contributed by atoms with Gasteiger partial charge in [0.05, 0.1) is 6.61 Å². The van der Waals surface area contributed by atoms with Crippen molar-refractivity contribution in [1.82, 2.24) is 24.9 Å². The second kappa shape index (κ2) is 9.23. The second-order valence-electron chi connectivity index (χ2n) is 8.34. The fourth-order valence-electron chi connectivity index (χ4n) is 4.50. The number of carbonyl (C=O) groups is 2. The highest BCUT2D eigenvalue weighted by atomic mass is 16.5. The molecule has 0 bridgehead atoms. The predicted octanol–water partition coefficient (Wildman–Crippen LogP) is 0.697. The van der Waals surface area contributed by atoms with Crippen LogP contribution in [0.15, 0.2) is 29.3 Å². The van der Waals surface area contributed by atoms with Crippen LogP contribution in [-0.4, -0.2) is 103 Å². The van der Waals surface area contributed by atoms with Crippen LogP contribution < -0.4 is 5.32 Å².